The minimum Gasteiger partial charge on any atom is -0.741 e. The summed E-state index contributed by atoms with van der Waals surface area (Å²) < 4.78 is 1.08. The largest absolute Gasteiger partial charge is 0.741 e. The first-order valence-electron chi connectivity index (χ1n) is 5.87. The van der Waals surface area contributed by atoms with Crippen molar-refractivity contribution >= 4 is 39.3 Å². The van der Waals surface area contributed by atoms with E-state index in [1.807, 2.05) is 54.6 Å². The predicted octanol–water partition coefficient (Wildman–Crippen LogP) is 3.50. The minimum atomic E-state index is -0.436. The molecule has 1 atom stereocenters. The van der Waals surface area contributed by atoms with Crippen molar-refractivity contribution in [1.82, 2.24) is 4.98 Å². The van der Waals surface area contributed by atoms with Crippen molar-refractivity contribution in [2.75, 3.05) is 0 Å². The zero-order chi connectivity index (χ0) is 13.2. The number of benzene rings is 2. The smallest absolute Gasteiger partial charge is 0.107 e. The van der Waals surface area contributed by atoms with Crippen LogP contribution in [0.3, 0.4) is 0 Å². The third-order valence-corrected chi connectivity index (χ3v) is 4.26. The van der Waals surface area contributed by atoms with E-state index in [1.165, 1.54) is 11.3 Å². The molecule has 94 valence electrons. The number of hydrogen-bond acceptors (Lipinski definition) is 4. The lowest BCUT2D eigenvalue weighted by atomic mass is 10.0. The third kappa shape index (κ3) is 2.37. The Bertz CT molecular complexity index is 688. The van der Waals surface area contributed by atoms with E-state index in [2.05, 4.69) is 4.98 Å². The number of carbonyl (C=O) groups is 1. The van der Waals surface area contributed by atoms with Crippen LogP contribution in [0.15, 0.2) is 54.6 Å². The summed E-state index contributed by atoms with van der Waals surface area (Å²) in [6.07, 6.45) is 0. The summed E-state index contributed by atoms with van der Waals surface area (Å²) in [6.45, 7) is 0. The molecule has 0 saturated heterocycles. The summed E-state index contributed by atoms with van der Waals surface area (Å²) in [5, 5.41) is 0.484. The van der Waals surface area contributed by atoms with Gasteiger partial charge >= 0.3 is 0 Å². The molecule has 3 rings (SSSR count). The van der Waals surface area contributed by atoms with Gasteiger partial charge in [-0.3, -0.25) is 0 Å². The standard InChI is InChI=1S/C15H11NOS2/c17-15(18)13(10-6-2-1-3-7-10)14-16-11-8-4-5-9-12(11)19-14/h1-9,13H,(H,17,18)/p-1. The van der Waals surface area contributed by atoms with E-state index < -0.39 is 5.92 Å². The molecule has 0 aliphatic carbocycles. The molecule has 0 amide bonds. The third-order valence-electron chi connectivity index (χ3n) is 2.93. The fourth-order valence-electron chi connectivity index (χ4n) is 2.04. The molecule has 0 fully saturated rings. The zero-order valence-corrected chi connectivity index (χ0v) is 11.6. The molecule has 4 heteroatoms. The number of thiazole rings is 1. The van der Waals surface area contributed by atoms with Gasteiger partial charge in [-0.1, -0.05) is 42.5 Å². The topological polar surface area (TPSA) is 30.0 Å². The Hall–Kier alpha value is -1.78. The van der Waals surface area contributed by atoms with Gasteiger partial charge in [0.15, 0.2) is 0 Å². The molecule has 1 heterocycles. The second-order valence-corrected chi connectivity index (χ2v) is 5.65. The van der Waals surface area contributed by atoms with Crippen molar-refractivity contribution in [2.45, 2.75) is 5.92 Å². The fraction of sp³-hybridized carbons (Fsp3) is 0.0667. The van der Waals surface area contributed by atoms with Crippen LogP contribution >= 0.6 is 11.3 Å². The summed E-state index contributed by atoms with van der Waals surface area (Å²) in [6, 6.07) is 17.4. The van der Waals surface area contributed by atoms with Crippen LogP contribution in [-0.2, 0) is 17.4 Å². The normalized spacial score (nSPS) is 12.4. The summed E-state index contributed by atoms with van der Waals surface area (Å²) in [5.74, 6) is -0.436. The Balaban J connectivity index is 2.12. The van der Waals surface area contributed by atoms with E-state index in [-0.39, 0.29) is 5.12 Å². The Morgan fingerprint density at radius 2 is 1.74 bits per heavy atom. The molecular formula is C15H10NOS2-. The zero-order valence-electron chi connectivity index (χ0n) is 9.95. The number of hydrogen-bond donors (Lipinski definition) is 0. The molecule has 0 bridgehead atoms. The van der Waals surface area contributed by atoms with Crippen molar-refractivity contribution in [1.29, 1.82) is 0 Å². The maximum atomic E-state index is 11.8. The quantitative estimate of drug-likeness (QED) is 0.689. The van der Waals surface area contributed by atoms with Crippen molar-refractivity contribution in [3.8, 4) is 0 Å². The molecule has 0 aliphatic rings. The van der Waals surface area contributed by atoms with Gasteiger partial charge in [0.1, 0.15) is 5.01 Å². The molecule has 19 heavy (non-hydrogen) atoms. The molecule has 1 aromatic heterocycles. The predicted molar refractivity (Wildman–Crippen MR) is 80.3 cm³/mol. The first kappa shape index (κ1) is 12.3. The van der Waals surface area contributed by atoms with E-state index in [0.29, 0.717) is 0 Å². The second kappa shape index (κ2) is 5.07. The van der Waals surface area contributed by atoms with Crippen molar-refractivity contribution in [2.24, 2.45) is 0 Å². The average molecular weight is 284 g/mol. The lowest BCUT2D eigenvalue weighted by Crippen LogP contribution is -2.10. The Kier molecular flexibility index (Phi) is 3.27. The van der Waals surface area contributed by atoms with Gasteiger partial charge in [-0.15, -0.1) is 11.3 Å². The van der Waals surface area contributed by atoms with Gasteiger partial charge in [-0.25, -0.2) is 4.98 Å². The molecule has 0 saturated carbocycles. The van der Waals surface area contributed by atoms with E-state index in [4.69, 9.17) is 12.6 Å². The van der Waals surface area contributed by atoms with Gasteiger partial charge in [-0.05, 0) is 17.7 Å². The van der Waals surface area contributed by atoms with Crippen LogP contribution in [0, 0.1) is 0 Å². The highest BCUT2D eigenvalue weighted by atomic mass is 32.1. The van der Waals surface area contributed by atoms with Crippen molar-refractivity contribution in [3.05, 3.63) is 65.2 Å². The minimum absolute atomic E-state index is 0.287. The average Bonchev–Trinajstić information content (AvgIpc) is 2.82. The van der Waals surface area contributed by atoms with Crippen LogP contribution in [0.25, 0.3) is 10.2 Å². The van der Waals surface area contributed by atoms with Gasteiger partial charge in [0.25, 0.3) is 0 Å². The van der Waals surface area contributed by atoms with Crippen molar-refractivity contribution in [3.63, 3.8) is 0 Å². The number of fused-ring (bicyclic) bond motifs is 1. The summed E-state index contributed by atoms with van der Waals surface area (Å²) in [4.78, 5) is 16.3. The summed E-state index contributed by atoms with van der Waals surface area (Å²) in [7, 11) is 0. The number of carbonyl (C=O) groups excluding carboxylic acids is 1. The fourth-order valence-corrected chi connectivity index (χ4v) is 3.46. The first-order chi connectivity index (χ1) is 9.25. The molecule has 1 unspecified atom stereocenters. The van der Waals surface area contributed by atoms with Crippen LogP contribution in [0.1, 0.15) is 16.5 Å². The molecule has 0 spiro atoms. The number of para-hydroxylation sites is 1. The second-order valence-electron chi connectivity index (χ2n) is 4.18. The van der Waals surface area contributed by atoms with E-state index >= 15 is 0 Å². The van der Waals surface area contributed by atoms with Gasteiger partial charge < -0.3 is 17.4 Å². The Morgan fingerprint density at radius 3 is 2.42 bits per heavy atom. The Labute approximate surface area is 120 Å². The summed E-state index contributed by atoms with van der Waals surface area (Å²) >= 11 is 6.43. The van der Waals surface area contributed by atoms with E-state index in [0.717, 1.165) is 20.8 Å². The Morgan fingerprint density at radius 1 is 1.05 bits per heavy atom. The van der Waals surface area contributed by atoms with E-state index in [9.17, 15) is 4.79 Å². The summed E-state index contributed by atoms with van der Waals surface area (Å²) in [5.41, 5.74) is 1.82. The molecule has 0 N–H and O–H groups in total. The maximum absolute atomic E-state index is 11.8. The van der Waals surface area contributed by atoms with Gasteiger partial charge in [0.05, 0.1) is 16.1 Å². The van der Waals surface area contributed by atoms with Crippen molar-refractivity contribution < 1.29 is 4.79 Å². The van der Waals surface area contributed by atoms with Crippen LogP contribution in [0.4, 0.5) is 0 Å². The van der Waals surface area contributed by atoms with Gasteiger partial charge in [0, 0.05) is 5.12 Å². The van der Waals surface area contributed by atoms with Gasteiger partial charge in [0.2, 0.25) is 0 Å². The number of aromatic nitrogens is 1. The molecule has 0 aliphatic heterocycles. The van der Waals surface area contributed by atoms with Gasteiger partial charge in [-0.2, -0.15) is 0 Å². The lowest BCUT2D eigenvalue weighted by molar-refractivity contribution is -0.111. The van der Waals surface area contributed by atoms with E-state index in [1.54, 1.807) is 0 Å². The van der Waals surface area contributed by atoms with Crippen LogP contribution in [0.2, 0.25) is 0 Å². The highest BCUT2D eigenvalue weighted by Gasteiger charge is 2.18. The first-order valence-corrected chi connectivity index (χ1v) is 7.09. The SMILES string of the molecule is O=C([S-])C(c1ccccc1)c1nc2ccccc2s1. The highest BCUT2D eigenvalue weighted by molar-refractivity contribution is 7.77. The molecule has 0 radical (unpaired) electrons. The molecule has 2 aromatic carbocycles. The monoisotopic (exact) mass is 284 g/mol. The molecule has 2 nitrogen and oxygen atoms in total. The lowest BCUT2D eigenvalue weighted by Gasteiger charge is -2.16. The molecule has 3 aromatic rings. The number of nitrogens with zero attached hydrogens (tertiary/aromatic N) is 1. The van der Waals surface area contributed by atoms with Crippen LogP contribution in [0.5, 0.6) is 0 Å². The van der Waals surface area contributed by atoms with Crippen LogP contribution < -0.4 is 0 Å². The number of rotatable bonds is 3. The molecular weight excluding hydrogens is 274 g/mol. The highest BCUT2D eigenvalue weighted by Crippen LogP contribution is 2.32. The van der Waals surface area contributed by atoms with Crippen LogP contribution in [-0.4, -0.2) is 10.1 Å². The maximum Gasteiger partial charge on any atom is 0.107 e.